The summed E-state index contributed by atoms with van der Waals surface area (Å²) < 4.78 is 15.6. The molecule has 0 spiro atoms. The first kappa shape index (κ1) is 18.9. The zero-order valence-electron chi connectivity index (χ0n) is 14.7. The van der Waals surface area contributed by atoms with Crippen molar-refractivity contribution in [1.82, 2.24) is 5.32 Å². The van der Waals surface area contributed by atoms with E-state index < -0.39 is 0 Å². The van der Waals surface area contributed by atoms with Crippen molar-refractivity contribution in [3.8, 4) is 23.3 Å². The number of nitrogens with zero attached hydrogens (tertiary/aromatic N) is 1. The third kappa shape index (κ3) is 5.56. The van der Waals surface area contributed by atoms with Gasteiger partial charge in [-0.1, -0.05) is 18.2 Å². The molecule has 0 saturated heterocycles. The Morgan fingerprint density at radius 3 is 2.54 bits per heavy atom. The van der Waals surface area contributed by atoms with E-state index >= 15 is 0 Å². The monoisotopic (exact) mass is 352 g/mol. The number of carbonyl (C=O) groups excluding carboxylic acids is 1. The maximum absolute atomic E-state index is 12.0. The molecule has 2 rings (SSSR count). The second kappa shape index (κ2) is 9.74. The van der Waals surface area contributed by atoms with Crippen LogP contribution in [-0.2, 0) is 11.3 Å². The molecule has 0 saturated carbocycles. The Hall–Kier alpha value is -3.46. The van der Waals surface area contributed by atoms with E-state index in [9.17, 15) is 4.79 Å². The van der Waals surface area contributed by atoms with Gasteiger partial charge in [-0.2, -0.15) is 5.26 Å². The summed E-state index contributed by atoms with van der Waals surface area (Å²) >= 11 is 0. The van der Waals surface area contributed by atoms with Crippen molar-refractivity contribution >= 4 is 12.0 Å². The van der Waals surface area contributed by atoms with E-state index in [2.05, 4.69) is 5.32 Å². The average molecular weight is 352 g/mol. The van der Waals surface area contributed by atoms with Gasteiger partial charge >= 0.3 is 0 Å². The van der Waals surface area contributed by atoms with Crippen molar-refractivity contribution in [1.29, 1.82) is 5.26 Å². The molecule has 0 fully saturated rings. The summed E-state index contributed by atoms with van der Waals surface area (Å²) in [6.07, 6.45) is 3.13. The van der Waals surface area contributed by atoms with Crippen LogP contribution in [0.15, 0.2) is 48.5 Å². The van der Waals surface area contributed by atoms with Gasteiger partial charge in [0.2, 0.25) is 5.91 Å². The predicted molar refractivity (Wildman–Crippen MR) is 98.0 cm³/mol. The number of amides is 1. The minimum Gasteiger partial charge on any atom is -0.497 e. The van der Waals surface area contributed by atoms with Crippen LogP contribution >= 0.6 is 0 Å². The molecule has 1 amide bonds. The number of nitrogens with one attached hydrogen (secondary N) is 1. The molecule has 26 heavy (non-hydrogen) atoms. The normalized spacial score (nSPS) is 10.2. The van der Waals surface area contributed by atoms with Crippen molar-refractivity contribution in [2.24, 2.45) is 0 Å². The topological polar surface area (TPSA) is 80.6 Å². The fourth-order valence-corrected chi connectivity index (χ4v) is 2.18. The number of hydrogen-bond acceptors (Lipinski definition) is 5. The number of rotatable bonds is 8. The summed E-state index contributed by atoms with van der Waals surface area (Å²) in [7, 11) is 3.13. The number of benzene rings is 2. The van der Waals surface area contributed by atoms with Crippen LogP contribution in [0.4, 0.5) is 0 Å². The van der Waals surface area contributed by atoms with Crippen molar-refractivity contribution in [3.05, 3.63) is 59.7 Å². The van der Waals surface area contributed by atoms with Gasteiger partial charge in [-0.05, 0) is 41.5 Å². The van der Waals surface area contributed by atoms with Gasteiger partial charge in [-0.3, -0.25) is 4.79 Å². The van der Waals surface area contributed by atoms with E-state index in [0.29, 0.717) is 18.0 Å². The van der Waals surface area contributed by atoms with Crippen LogP contribution in [0.25, 0.3) is 6.08 Å². The molecule has 0 aliphatic rings. The maximum Gasteiger partial charge on any atom is 0.244 e. The largest absolute Gasteiger partial charge is 0.497 e. The Kier molecular flexibility index (Phi) is 7.07. The van der Waals surface area contributed by atoms with Gasteiger partial charge in [0, 0.05) is 12.6 Å². The molecule has 0 atom stereocenters. The summed E-state index contributed by atoms with van der Waals surface area (Å²) in [5.41, 5.74) is 1.76. The second-order valence-corrected chi connectivity index (χ2v) is 5.26. The summed E-state index contributed by atoms with van der Waals surface area (Å²) in [5.74, 6) is 1.55. The lowest BCUT2D eigenvalue weighted by Crippen LogP contribution is -2.20. The molecule has 1 N–H and O–H groups in total. The number of ether oxygens (including phenoxy) is 3. The quantitative estimate of drug-likeness (QED) is 0.739. The summed E-state index contributed by atoms with van der Waals surface area (Å²) in [6.45, 7) is 0.372. The summed E-state index contributed by atoms with van der Waals surface area (Å²) in [4.78, 5) is 12.0. The zero-order valence-corrected chi connectivity index (χ0v) is 14.7. The van der Waals surface area contributed by atoms with E-state index in [1.165, 1.54) is 13.2 Å². The van der Waals surface area contributed by atoms with Gasteiger partial charge in [0.25, 0.3) is 0 Å². The van der Waals surface area contributed by atoms with Gasteiger partial charge in [0.15, 0.2) is 18.1 Å². The Balaban J connectivity index is 1.93. The lowest BCUT2D eigenvalue weighted by Gasteiger charge is -2.08. The maximum atomic E-state index is 12.0. The Bertz CT molecular complexity index is 808. The minimum absolute atomic E-state index is 0.0562. The fraction of sp³-hybridized carbons (Fsp3) is 0.200. The molecular formula is C20H20N2O4. The van der Waals surface area contributed by atoms with Crippen LogP contribution in [0.1, 0.15) is 11.1 Å². The first-order valence-corrected chi connectivity index (χ1v) is 7.93. The van der Waals surface area contributed by atoms with Crippen LogP contribution in [0.2, 0.25) is 0 Å². The van der Waals surface area contributed by atoms with Crippen LogP contribution < -0.4 is 19.5 Å². The van der Waals surface area contributed by atoms with Gasteiger partial charge in [0.1, 0.15) is 11.8 Å². The van der Waals surface area contributed by atoms with Gasteiger partial charge in [-0.15, -0.1) is 0 Å². The lowest BCUT2D eigenvalue weighted by molar-refractivity contribution is -0.116. The number of nitriles is 1. The molecule has 0 aliphatic carbocycles. The van der Waals surface area contributed by atoms with Gasteiger partial charge in [0.05, 0.1) is 14.2 Å². The zero-order chi connectivity index (χ0) is 18.8. The van der Waals surface area contributed by atoms with E-state index in [-0.39, 0.29) is 12.5 Å². The molecule has 134 valence electrons. The Morgan fingerprint density at radius 2 is 1.88 bits per heavy atom. The molecule has 0 aliphatic heterocycles. The molecule has 0 unspecified atom stereocenters. The molecular weight excluding hydrogens is 332 g/mol. The lowest BCUT2D eigenvalue weighted by atomic mass is 10.2. The predicted octanol–water partition coefficient (Wildman–Crippen LogP) is 2.94. The van der Waals surface area contributed by atoms with E-state index in [0.717, 1.165) is 16.9 Å². The van der Waals surface area contributed by atoms with Crippen molar-refractivity contribution < 1.29 is 19.0 Å². The average Bonchev–Trinajstić information content (AvgIpc) is 2.69. The first-order chi connectivity index (χ1) is 12.7. The van der Waals surface area contributed by atoms with Gasteiger partial charge < -0.3 is 19.5 Å². The van der Waals surface area contributed by atoms with Crippen molar-refractivity contribution in [2.75, 3.05) is 20.8 Å². The highest BCUT2D eigenvalue weighted by Crippen LogP contribution is 2.28. The highest BCUT2D eigenvalue weighted by atomic mass is 16.5. The second-order valence-electron chi connectivity index (χ2n) is 5.26. The van der Waals surface area contributed by atoms with E-state index in [1.807, 2.05) is 30.3 Å². The SMILES string of the molecule is COc1ccc(CNC(=O)/C=C/c2ccc(OCC#N)c(OC)c2)cc1. The molecule has 2 aromatic carbocycles. The number of carbonyl (C=O) groups is 1. The Morgan fingerprint density at radius 1 is 1.12 bits per heavy atom. The third-order valence-corrected chi connectivity index (χ3v) is 3.53. The molecule has 6 heteroatoms. The van der Waals surface area contributed by atoms with E-state index in [1.54, 1.807) is 31.4 Å². The van der Waals surface area contributed by atoms with Crippen molar-refractivity contribution in [3.63, 3.8) is 0 Å². The standard InChI is InChI=1S/C20H20N2O4/c1-24-17-7-3-16(4-8-17)14-22-20(23)10-6-15-5-9-18(26-12-11-21)19(13-15)25-2/h3-10,13H,12,14H2,1-2H3,(H,22,23)/b10-6+. The highest BCUT2D eigenvalue weighted by Gasteiger charge is 2.05. The molecule has 2 aromatic rings. The number of hydrogen-bond donors (Lipinski definition) is 1. The molecule has 0 bridgehead atoms. The first-order valence-electron chi connectivity index (χ1n) is 7.93. The summed E-state index contributed by atoms with van der Waals surface area (Å²) in [5, 5.41) is 11.4. The van der Waals surface area contributed by atoms with E-state index in [4.69, 9.17) is 19.5 Å². The highest BCUT2D eigenvalue weighted by molar-refractivity contribution is 5.91. The van der Waals surface area contributed by atoms with Crippen LogP contribution in [0.5, 0.6) is 17.2 Å². The molecule has 0 aromatic heterocycles. The molecule has 6 nitrogen and oxygen atoms in total. The summed E-state index contributed by atoms with van der Waals surface area (Å²) in [6, 6.07) is 14.6. The van der Waals surface area contributed by atoms with Crippen LogP contribution in [-0.4, -0.2) is 26.7 Å². The van der Waals surface area contributed by atoms with Crippen LogP contribution in [0, 0.1) is 11.3 Å². The number of methoxy groups -OCH3 is 2. The smallest absolute Gasteiger partial charge is 0.244 e. The van der Waals surface area contributed by atoms with Gasteiger partial charge in [-0.25, -0.2) is 0 Å². The van der Waals surface area contributed by atoms with Crippen molar-refractivity contribution in [2.45, 2.75) is 6.54 Å². The molecule has 0 radical (unpaired) electrons. The molecule has 0 heterocycles. The van der Waals surface area contributed by atoms with Crippen LogP contribution in [0.3, 0.4) is 0 Å². The fourth-order valence-electron chi connectivity index (χ4n) is 2.18. The third-order valence-electron chi connectivity index (χ3n) is 3.53. The Labute approximate surface area is 152 Å². The minimum atomic E-state index is -0.204.